The molecular weight excluding hydrogens is 352 g/mol. The summed E-state index contributed by atoms with van der Waals surface area (Å²) in [6.07, 6.45) is 1.35. The fourth-order valence-corrected chi connectivity index (χ4v) is 4.39. The first-order valence-electron chi connectivity index (χ1n) is 8.31. The molecule has 1 fully saturated rings. The van der Waals surface area contributed by atoms with Crippen molar-refractivity contribution < 1.29 is 13.2 Å². The maximum absolute atomic E-state index is 12.8. The van der Waals surface area contributed by atoms with E-state index in [2.05, 4.69) is 10.3 Å². The Morgan fingerprint density at radius 3 is 2.50 bits per heavy atom. The van der Waals surface area contributed by atoms with Crippen molar-refractivity contribution >= 4 is 15.8 Å². The fraction of sp³-hybridized carbons (Fsp3) is 0.333. The van der Waals surface area contributed by atoms with E-state index in [-0.39, 0.29) is 10.9 Å². The summed E-state index contributed by atoms with van der Waals surface area (Å²) < 4.78 is 32.1. The minimum Gasteiger partial charge on any atom is -0.497 e. The average Bonchev–Trinajstić information content (AvgIpc) is 2.68. The number of ether oxygens (including phenoxy) is 1. The Morgan fingerprint density at radius 2 is 1.88 bits per heavy atom. The molecule has 1 aromatic heterocycles. The third-order valence-corrected chi connectivity index (χ3v) is 6.28. The number of sulfonamides is 1. The van der Waals surface area contributed by atoms with Crippen LogP contribution in [0.4, 0.5) is 5.82 Å². The van der Waals surface area contributed by atoms with Crippen molar-refractivity contribution in [3.8, 4) is 11.8 Å². The molecule has 1 saturated heterocycles. The number of aromatic nitrogens is 1. The summed E-state index contributed by atoms with van der Waals surface area (Å²) in [6, 6.07) is 13.8. The molecule has 0 radical (unpaired) electrons. The summed E-state index contributed by atoms with van der Waals surface area (Å²) in [5.41, 5.74) is 0.356. The van der Waals surface area contributed by atoms with E-state index in [0.29, 0.717) is 43.2 Å². The van der Waals surface area contributed by atoms with Gasteiger partial charge in [-0.2, -0.15) is 9.57 Å². The highest BCUT2D eigenvalue weighted by Gasteiger charge is 2.29. The predicted octanol–water partition coefficient (Wildman–Crippen LogP) is 2.23. The second kappa shape index (κ2) is 7.72. The third-order valence-electron chi connectivity index (χ3n) is 4.37. The van der Waals surface area contributed by atoms with Crippen molar-refractivity contribution in [3.05, 3.63) is 48.2 Å². The lowest BCUT2D eigenvalue weighted by atomic mass is 10.1. The van der Waals surface area contributed by atoms with Gasteiger partial charge in [-0.05, 0) is 49.2 Å². The minimum absolute atomic E-state index is 0.124. The summed E-state index contributed by atoms with van der Waals surface area (Å²) in [7, 11) is -1.96. The van der Waals surface area contributed by atoms with Crippen LogP contribution in [0.1, 0.15) is 18.5 Å². The van der Waals surface area contributed by atoms with Crippen LogP contribution in [0.5, 0.6) is 5.75 Å². The Hall–Kier alpha value is -2.63. The van der Waals surface area contributed by atoms with Crippen LogP contribution >= 0.6 is 0 Å². The van der Waals surface area contributed by atoms with E-state index in [9.17, 15) is 8.42 Å². The summed E-state index contributed by atoms with van der Waals surface area (Å²) in [6.45, 7) is 0.869. The van der Waals surface area contributed by atoms with E-state index >= 15 is 0 Å². The molecule has 0 saturated carbocycles. The van der Waals surface area contributed by atoms with E-state index < -0.39 is 10.0 Å². The Kier molecular flexibility index (Phi) is 5.40. The number of rotatable bonds is 5. The molecule has 3 rings (SSSR count). The molecule has 2 heterocycles. The highest BCUT2D eigenvalue weighted by atomic mass is 32.2. The zero-order valence-electron chi connectivity index (χ0n) is 14.4. The van der Waals surface area contributed by atoms with Crippen LogP contribution in [0.3, 0.4) is 0 Å². The molecule has 0 unspecified atom stereocenters. The second-order valence-corrected chi connectivity index (χ2v) is 7.96. The van der Waals surface area contributed by atoms with Gasteiger partial charge in [0.05, 0.1) is 12.0 Å². The first-order valence-corrected chi connectivity index (χ1v) is 9.75. The summed E-state index contributed by atoms with van der Waals surface area (Å²) in [5.74, 6) is 1.26. The number of hydrogen-bond donors (Lipinski definition) is 1. The lowest BCUT2D eigenvalue weighted by molar-refractivity contribution is 0.329. The predicted molar refractivity (Wildman–Crippen MR) is 97.3 cm³/mol. The van der Waals surface area contributed by atoms with Gasteiger partial charge in [0.15, 0.2) is 0 Å². The van der Waals surface area contributed by atoms with Crippen molar-refractivity contribution in [2.45, 2.75) is 23.8 Å². The highest BCUT2D eigenvalue weighted by molar-refractivity contribution is 7.89. The minimum atomic E-state index is -3.50. The third kappa shape index (κ3) is 3.95. The van der Waals surface area contributed by atoms with Gasteiger partial charge in [0.25, 0.3) is 0 Å². The zero-order valence-corrected chi connectivity index (χ0v) is 15.2. The monoisotopic (exact) mass is 372 g/mol. The highest BCUT2D eigenvalue weighted by Crippen LogP contribution is 2.24. The van der Waals surface area contributed by atoms with E-state index in [4.69, 9.17) is 10.00 Å². The molecule has 2 aromatic rings. The van der Waals surface area contributed by atoms with Crippen molar-refractivity contribution in [1.29, 1.82) is 5.26 Å². The summed E-state index contributed by atoms with van der Waals surface area (Å²) >= 11 is 0. The Bertz CT molecular complexity index is 899. The van der Waals surface area contributed by atoms with Gasteiger partial charge in [-0.25, -0.2) is 13.4 Å². The van der Waals surface area contributed by atoms with E-state index in [1.165, 1.54) is 4.31 Å². The van der Waals surface area contributed by atoms with E-state index in [1.807, 2.05) is 6.07 Å². The van der Waals surface area contributed by atoms with E-state index in [0.717, 1.165) is 0 Å². The first-order chi connectivity index (χ1) is 12.5. The number of anilines is 1. The molecule has 0 amide bonds. The maximum atomic E-state index is 12.8. The molecule has 7 nitrogen and oxygen atoms in total. The maximum Gasteiger partial charge on any atom is 0.243 e. The smallest absolute Gasteiger partial charge is 0.243 e. The largest absolute Gasteiger partial charge is 0.497 e. The van der Waals surface area contributed by atoms with Crippen molar-refractivity contribution in [2.75, 3.05) is 25.5 Å². The molecule has 0 spiro atoms. The second-order valence-electron chi connectivity index (χ2n) is 6.02. The lowest BCUT2D eigenvalue weighted by Crippen LogP contribution is -2.42. The van der Waals surface area contributed by atoms with Crippen LogP contribution in [0.2, 0.25) is 0 Å². The summed E-state index contributed by atoms with van der Waals surface area (Å²) in [4.78, 5) is 4.47. The molecule has 0 atom stereocenters. The number of methoxy groups -OCH3 is 1. The molecule has 0 bridgehead atoms. The normalized spacial score (nSPS) is 16.0. The van der Waals surface area contributed by atoms with Crippen molar-refractivity contribution in [3.63, 3.8) is 0 Å². The number of nitrogens with one attached hydrogen (secondary N) is 1. The van der Waals surface area contributed by atoms with E-state index in [1.54, 1.807) is 49.6 Å². The number of nitriles is 1. The number of benzene rings is 1. The fourth-order valence-electron chi connectivity index (χ4n) is 2.92. The molecule has 1 aromatic carbocycles. The Labute approximate surface area is 153 Å². The van der Waals surface area contributed by atoms with Gasteiger partial charge in [0.2, 0.25) is 10.0 Å². The van der Waals surface area contributed by atoms with Crippen LogP contribution in [0.25, 0.3) is 0 Å². The van der Waals surface area contributed by atoms with Gasteiger partial charge in [-0.3, -0.25) is 0 Å². The lowest BCUT2D eigenvalue weighted by Gasteiger charge is -2.31. The van der Waals surface area contributed by atoms with Crippen LogP contribution < -0.4 is 10.1 Å². The van der Waals surface area contributed by atoms with Crippen LogP contribution in [0.15, 0.2) is 47.4 Å². The van der Waals surface area contributed by atoms with Gasteiger partial charge < -0.3 is 10.1 Å². The van der Waals surface area contributed by atoms with Gasteiger partial charge in [-0.1, -0.05) is 6.07 Å². The molecule has 136 valence electrons. The average molecular weight is 372 g/mol. The van der Waals surface area contributed by atoms with Gasteiger partial charge in [0, 0.05) is 19.1 Å². The first kappa shape index (κ1) is 18.2. The molecule has 1 N–H and O–H groups in total. The quantitative estimate of drug-likeness (QED) is 0.865. The van der Waals surface area contributed by atoms with Crippen LogP contribution in [-0.2, 0) is 10.0 Å². The number of piperidine rings is 1. The summed E-state index contributed by atoms with van der Waals surface area (Å²) in [5, 5.41) is 12.2. The van der Waals surface area contributed by atoms with Gasteiger partial charge in [-0.15, -0.1) is 0 Å². The van der Waals surface area contributed by atoms with Gasteiger partial charge >= 0.3 is 0 Å². The van der Waals surface area contributed by atoms with Crippen LogP contribution in [0, 0.1) is 11.3 Å². The molecule has 8 heteroatoms. The molecule has 1 aliphatic heterocycles. The Balaban J connectivity index is 1.62. The van der Waals surface area contributed by atoms with Crippen molar-refractivity contribution in [2.24, 2.45) is 0 Å². The topological polar surface area (TPSA) is 95.3 Å². The SMILES string of the molecule is COc1ccc(S(=O)(=O)N2CCC(Nc3cccc(C#N)n3)CC2)cc1. The van der Waals surface area contributed by atoms with Gasteiger partial charge in [0.1, 0.15) is 23.3 Å². The number of hydrogen-bond acceptors (Lipinski definition) is 6. The molecular formula is C18H20N4O3S. The van der Waals surface area contributed by atoms with Crippen LogP contribution in [-0.4, -0.2) is 43.9 Å². The number of pyridine rings is 1. The number of nitrogens with zero attached hydrogens (tertiary/aromatic N) is 3. The Morgan fingerprint density at radius 1 is 1.19 bits per heavy atom. The molecule has 0 aliphatic carbocycles. The standard InChI is InChI=1S/C18H20N4O3S/c1-25-16-5-7-17(8-6-16)26(23,24)22-11-9-14(10-12-22)20-18-4-2-3-15(13-19)21-18/h2-8,14H,9-12H2,1H3,(H,20,21). The molecule has 1 aliphatic rings. The zero-order chi connectivity index (χ0) is 18.6. The molecule has 26 heavy (non-hydrogen) atoms. The van der Waals surface area contributed by atoms with Crippen molar-refractivity contribution in [1.82, 2.24) is 9.29 Å².